The van der Waals surface area contributed by atoms with Gasteiger partial charge in [-0.1, -0.05) is 12.1 Å². The van der Waals surface area contributed by atoms with Crippen LogP contribution < -0.4 is 15.8 Å². The lowest BCUT2D eigenvalue weighted by Gasteiger charge is -2.17. The van der Waals surface area contributed by atoms with E-state index in [1.54, 1.807) is 17.0 Å². The summed E-state index contributed by atoms with van der Waals surface area (Å²) in [6.45, 7) is 3.18. The molecule has 1 aromatic rings. The molecule has 1 aliphatic rings. The molecule has 1 aromatic carbocycles. The van der Waals surface area contributed by atoms with Crippen molar-refractivity contribution < 1.29 is 14.3 Å². The van der Waals surface area contributed by atoms with Crippen molar-refractivity contribution in [3.63, 3.8) is 0 Å². The van der Waals surface area contributed by atoms with Gasteiger partial charge in [-0.15, -0.1) is 0 Å². The lowest BCUT2D eigenvalue weighted by atomic mass is 10.2. The van der Waals surface area contributed by atoms with Crippen molar-refractivity contribution in [1.82, 2.24) is 10.2 Å². The van der Waals surface area contributed by atoms with Gasteiger partial charge in [-0.2, -0.15) is 0 Å². The van der Waals surface area contributed by atoms with Gasteiger partial charge >= 0.3 is 0 Å². The van der Waals surface area contributed by atoms with Crippen molar-refractivity contribution in [3.8, 4) is 5.75 Å². The average Bonchev–Trinajstić information content (AvgIpc) is 2.93. The van der Waals surface area contributed by atoms with Crippen molar-refractivity contribution in [2.24, 2.45) is 5.73 Å². The molecule has 2 rings (SSSR count). The predicted octanol–water partition coefficient (Wildman–Crippen LogP) is 0.261. The predicted molar refractivity (Wildman–Crippen MR) is 78.6 cm³/mol. The Balaban J connectivity index is 1.78. The molecule has 1 heterocycles. The first-order chi connectivity index (χ1) is 10.1. The zero-order valence-electron chi connectivity index (χ0n) is 12.2. The molecular weight excluding hydrogens is 270 g/mol. The second kappa shape index (κ2) is 7.08. The maximum Gasteiger partial charge on any atom is 0.260 e. The summed E-state index contributed by atoms with van der Waals surface area (Å²) in [5, 5.41) is 2.83. The Morgan fingerprint density at radius 1 is 1.38 bits per heavy atom. The summed E-state index contributed by atoms with van der Waals surface area (Å²) in [4.78, 5) is 24.7. The quantitative estimate of drug-likeness (QED) is 0.815. The fourth-order valence-electron chi connectivity index (χ4n) is 2.35. The topological polar surface area (TPSA) is 84.7 Å². The van der Waals surface area contributed by atoms with E-state index in [1.807, 2.05) is 12.1 Å². The van der Waals surface area contributed by atoms with Crippen molar-refractivity contribution in [2.75, 3.05) is 19.7 Å². The van der Waals surface area contributed by atoms with E-state index in [1.165, 1.54) is 6.92 Å². The van der Waals surface area contributed by atoms with Crippen LogP contribution in [0.3, 0.4) is 0 Å². The molecule has 6 nitrogen and oxygen atoms in total. The molecule has 6 heteroatoms. The summed E-state index contributed by atoms with van der Waals surface area (Å²) in [6.07, 6.45) is 0.788. The molecule has 2 amide bonds. The molecule has 114 valence electrons. The van der Waals surface area contributed by atoms with Crippen LogP contribution in [0.1, 0.15) is 18.9 Å². The molecule has 1 fully saturated rings. The number of hydrogen-bond acceptors (Lipinski definition) is 4. The molecule has 0 spiro atoms. The Bertz CT molecular complexity index is 501. The minimum Gasteiger partial charge on any atom is -0.484 e. The number of nitrogens with one attached hydrogen (secondary N) is 1. The van der Waals surface area contributed by atoms with Crippen LogP contribution in [-0.2, 0) is 16.1 Å². The van der Waals surface area contributed by atoms with E-state index >= 15 is 0 Å². The Morgan fingerprint density at radius 2 is 2.10 bits per heavy atom. The van der Waals surface area contributed by atoms with Gasteiger partial charge in [0.2, 0.25) is 5.91 Å². The van der Waals surface area contributed by atoms with Crippen LogP contribution in [-0.4, -0.2) is 42.5 Å². The highest BCUT2D eigenvalue weighted by atomic mass is 16.5. The smallest absolute Gasteiger partial charge is 0.260 e. The summed E-state index contributed by atoms with van der Waals surface area (Å²) >= 11 is 0. The number of nitrogens with zero attached hydrogens (tertiary/aromatic N) is 1. The Morgan fingerprint density at radius 3 is 2.71 bits per heavy atom. The molecule has 21 heavy (non-hydrogen) atoms. The molecule has 3 N–H and O–H groups in total. The monoisotopic (exact) mass is 291 g/mol. The molecular formula is C15H21N3O3. The molecule has 0 bridgehead atoms. The van der Waals surface area contributed by atoms with Crippen LogP contribution in [0.25, 0.3) is 0 Å². The van der Waals surface area contributed by atoms with Gasteiger partial charge in [0.05, 0.1) is 0 Å². The number of carbonyl (C=O) groups is 2. The van der Waals surface area contributed by atoms with Gasteiger partial charge in [0.25, 0.3) is 5.91 Å². The van der Waals surface area contributed by atoms with Gasteiger partial charge in [-0.3, -0.25) is 9.59 Å². The molecule has 0 aliphatic carbocycles. The van der Waals surface area contributed by atoms with Gasteiger partial charge in [0, 0.05) is 32.6 Å². The van der Waals surface area contributed by atoms with E-state index in [0.29, 0.717) is 25.4 Å². The third-order valence-corrected chi connectivity index (χ3v) is 3.47. The van der Waals surface area contributed by atoms with E-state index in [2.05, 4.69) is 5.32 Å². The van der Waals surface area contributed by atoms with Gasteiger partial charge < -0.3 is 20.7 Å². The number of benzene rings is 1. The van der Waals surface area contributed by atoms with Crippen LogP contribution in [0.15, 0.2) is 24.3 Å². The number of hydrogen-bond donors (Lipinski definition) is 2. The molecule has 1 aliphatic heterocycles. The zero-order valence-corrected chi connectivity index (χ0v) is 12.2. The highest BCUT2D eigenvalue weighted by Crippen LogP contribution is 2.13. The Hall–Kier alpha value is -2.08. The first-order valence-corrected chi connectivity index (χ1v) is 7.05. The number of carbonyl (C=O) groups excluding carboxylic acids is 2. The zero-order chi connectivity index (χ0) is 15.2. The first kappa shape index (κ1) is 15.3. The van der Waals surface area contributed by atoms with Crippen LogP contribution in [0.5, 0.6) is 5.75 Å². The lowest BCUT2D eigenvalue weighted by molar-refractivity contribution is -0.132. The second-order valence-electron chi connectivity index (χ2n) is 5.16. The summed E-state index contributed by atoms with van der Waals surface area (Å²) in [7, 11) is 0. The minimum absolute atomic E-state index is 0.00869. The molecule has 1 unspecified atom stereocenters. The number of amides is 2. The summed E-state index contributed by atoms with van der Waals surface area (Å²) in [6, 6.07) is 7.42. The molecule has 0 radical (unpaired) electrons. The number of likely N-dealkylation sites (tertiary alicyclic amines) is 1. The largest absolute Gasteiger partial charge is 0.484 e. The first-order valence-electron chi connectivity index (χ1n) is 7.05. The highest BCUT2D eigenvalue weighted by Gasteiger charge is 2.26. The van der Waals surface area contributed by atoms with Crippen LogP contribution >= 0.6 is 0 Å². The summed E-state index contributed by atoms with van der Waals surface area (Å²) in [5.74, 6) is 0.523. The maximum absolute atomic E-state index is 12.0. The van der Waals surface area contributed by atoms with Gasteiger partial charge in [0.1, 0.15) is 5.75 Å². The fourth-order valence-corrected chi connectivity index (χ4v) is 2.35. The van der Waals surface area contributed by atoms with E-state index in [-0.39, 0.29) is 24.5 Å². The third kappa shape index (κ3) is 4.46. The van der Waals surface area contributed by atoms with Crippen LogP contribution in [0.2, 0.25) is 0 Å². The molecule has 0 saturated carbocycles. The minimum atomic E-state index is -0.0643. The van der Waals surface area contributed by atoms with Gasteiger partial charge in [-0.05, 0) is 24.1 Å². The summed E-state index contributed by atoms with van der Waals surface area (Å²) in [5.41, 5.74) is 6.54. The van der Waals surface area contributed by atoms with E-state index in [4.69, 9.17) is 10.5 Å². The molecule has 1 saturated heterocycles. The number of rotatable bonds is 5. The van der Waals surface area contributed by atoms with E-state index in [0.717, 1.165) is 12.0 Å². The molecule has 1 atom stereocenters. The van der Waals surface area contributed by atoms with Crippen molar-refractivity contribution >= 4 is 11.8 Å². The molecule has 0 aromatic heterocycles. The fraction of sp³-hybridized carbons (Fsp3) is 0.467. The Kier molecular flexibility index (Phi) is 5.16. The number of nitrogens with two attached hydrogens (primary N) is 1. The van der Waals surface area contributed by atoms with Crippen LogP contribution in [0.4, 0.5) is 0 Å². The van der Waals surface area contributed by atoms with Crippen molar-refractivity contribution in [2.45, 2.75) is 25.9 Å². The normalized spacial score (nSPS) is 17.6. The summed E-state index contributed by atoms with van der Waals surface area (Å²) < 4.78 is 5.48. The van der Waals surface area contributed by atoms with E-state index < -0.39 is 0 Å². The van der Waals surface area contributed by atoms with Gasteiger partial charge in [-0.25, -0.2) is 0 Å². The third-order valence-electron chi connectivity index (χ3n) is 3.47. The van der Waals surface area contributed by atoms with Gasteiger partial charge in [0.15, 0.2) is 6.61 Å². The Labute approximate surface area is 124 Å². The maximum atomic E-state index is 12.0. The van der Waals surface area contributed by atoms with Crippen molar-refractivity contribution in [1.29, 1.82) is 0 Å². The SMILES string of the molecule is CC(=O)NC1CCN(C(=O)COc2ccc(CN)cc2)C1. The lowest BCUT2D eigenvalue weighted by Crippen LogP contribution is -2.38. The second-order valence-corrected chi connectivity index (χ2v) is 5.16. The average molecular weight is 291 g/mol. The number of ether oxygens (including phenoxy) is 1. The standard InChI is InChI=1S/C15H21N3O3/c1-11(19)17-13-6-7-18(9-13)15(20)10-21-14-4-2-12(8-16)3-5-14/h2-5,13H,6-10,16H2,1H3,(H,17,19). The highest BCUT2D eigenvalue weighted by molar-refractivity contribution is 5.78. The van der Waals surface area contributed by atoms with E-state index in [9.17, 15) is 9.59 Å². The van der Waals surface area contributed by atoms with Crippen molar-refractivity contribution in [3.05, 3.63) is 29.8 Å². The van der Waals surface area contributed by atoms with Crippen LogP contribution in [0, 0.1) is 0 Å².